The minimum atomic E-state index is -0.937. The molecule has 25 heavy (non-hydrogen) atoms. The van der Waals surface area contributed by atoms with Crippen LogP contribution in [0, 0.1) is 15.9 Å². The zero-order valence-electron chi connectivity index (χ0n) is 13.2. The molecule has 132 valence electrons. The molecule has 0 saturated carbocycles. The summed E-state index contributed by atoms with van der Waals surface area (Å²) in [4.78, 5) is 21.9. The van der Waals surface area contributed by atoms with Gasteiger partial charge in [-0.15, -0.1) is 0 Å². The highest BCUT2D eigenvalue weighted by atomic mass is 35.5. The normalized spacial score (nSPS) is 10.2. The second kappa shape index (κ2) is 8.29. The summed E-state index contributed by atoms with van der Waals surface area (Å²) in [5.74, 6) is -0.937. The molecule has 2 N–H and O–H groups in total. The van der Waals surface area contributed by atoms with E-state index in [2.05, 4.69) is 15.4 Å². The number of carbonyl (C=O) groups is 1. The number of halogens is 2. The van der Waals surface area contributed by atoms with Crippen LogP contribution in [0.2, 0.25) is 5.02 Å². The molecular weight excluding hydrogens is 353 g/mol. The molecule has 0 aromatic heterocycles. The van der Waals surface area contributed by atoms with E-state index in [0.29, 0.717) is 5.02 Å². The van der Waals surface area contributed by atoms with E-state index in [0.717, 1.165) is 17.7 Å². The van der Waals surface area contributed by atoms with E-state index >= 15 is 0 Å². The van der Waals surface area contributed by atoms with E-state index in [1.165, 1.54) is 0 Å². The van der Waals surface area contributed by atoms with Crippen molar-refractivity contribution in [3.63, 3.8) is 0 Å². The van der Waals surface area contributed by atoms with Crippen molar-refractivity contribution in [1.29, 1.82) is 0 Å². The van der Waals surface area contributed by atoms with Gasteiger partial charge in [-0.2, -0.15) is 0 Å². The Hall–Kier alpha value is -2.87. The highest BCUT2D eigenvalue weighted by Gasteiger charge is 2.19. The fourth-order valence-corrected chi connectivity index (χ4v) is 2.29. The van der Waals surface area contributed by atoms with Gasteiger partial charge in [-0.1, -0.05) is 23.7 Å². The van der Waals surface area contributed by atoms with Crippen LogP contribution in [0.25, 0.3) is 0 Å². The first-order valence-electron chi connectivity index (χ1n) is 7.30. The lowest BCUT2D eigenvalue weighted by Crippen LogP contribution is -2.15. The van der Waals surface area contributed by atoms with Crippen molar-refractivity contribution in [1.82, 2.24) is 0 Å². The number of nitrogens with one attached hydrogen (secondary N) is 2. The zero-order valence-corrected chi connectivity index (χ0v) is 14.0. The molecule has 0 saturated heterocycles. The average molecular weight is 368 g/mol. The fraction of sp³-hybridized carbons (Fsp3) is 0.188. The van der Waals surface area contributed by atoms with Crippen LogP contribution in [0.4, 0.5) is 26.2 Å². The summed E-state index contributed by atoms with van der Waals surface area (Å²) in [6, 6.07) is 8.81. The summed E-state index contributed by atoms with van der Waals surface area (Å²) in [5.41, 5.74) is 0.163. The molecule has 0 aliphatic rings. The maximum atomic E-state index is 14.0. The van der Waals surface area contributed by atoms with Gasteiger partial charge in [-0.3, -0.25) is 15.4 Å². The van der Waals surface area contributed by atoms with Gasteiger partial charge in [0.15, 0.2) is 5.82 Å². The van der Waals surface area contributed by atoms with Crippen LogP contribution in [-0.2, 0) is 11.3 Å². The van der Waals surface area contributed by atoms with E-state index in [1.807, 2.05) is 0 Å². The molecule has 2 aromatic carbocycles. The molecule has 0 atom stereocenters. The van der Waals surface area contributed by atoms with Gasteiger partial charge in [-0.25, -0.2) is 9.18 Å². The van der Waals surface area contributed by atoms with Gasteiger partial charge >= 0.3 is 6.09 Å². The van der Waals surface area contributed by atoms with Crippen molar-refractivity contribution in [3.8, 4) is 0 Å². The van der Waals surface area contributed by atoms with Crippen LogP contribution in [0.3, 0.4) is 0 Å². The average Bonchev–Trinajstić information content (AvgIpc) is 2.55. The van der Waals surface area contributed by atoms with Crippen molar-refractivity contribution in [2.24, 2.45) is 0 Å². The molecule has 0 aliphatic heterocycles. The predicted molar refractivity (Wildman–Crippen MR) is 92.5 cm³/mol. The van der Waals surface area contributed by atoms with E-state index in [4.69, 9.17) is 11.6 Å². The van der Waals surface area contributed by atoms with E-state index < -0.39 is 22.5 Å². The first kappa shape index (κ1) is 18.5. The van der Waals surface area contributed by atoms with Gasteiger partial charge in [0.25, 0.3) is 5.69 Å². The Labute approximate surface area is 147 Å². The molecule has 0 radical (unpaired) electrons. The minimum Gasteiger partial charge on any atom is -0.450 e. The molecule has 7 nitrogen and oxygen atoms in total. The molecule has 2 rings (SSSR count). The number of nitrogens with zero attached hydrogens (tertiary/aromatic N) is 1. The van der Waals surface area contributed by atoms with Crippen LogP contribution in [0.5, 0.6) is 0 Å². The number of nitro groups is 1. The van der Waals surface area contributed by atoms with Crippen molar-refractivity contribution in [2.75, 3.05) is 17.2 Å². The minimum absolute atomic E-state index is 0.0539. The number of ether oxygens (including phenoxy) is 1. The number of benzene rings is 2. The first-order chi connectivity index (χ1) is 11.9. The van der Waals surface area contributed by atoms with Gasteiger partial charge in [0.2, 0.25) is 0 Å². The third-order valence-electron chi connectivity index (χ3n) is 3.17. The second-order valence-corrected chi connectivity index (χ2v) is 5.37. The molecule has 2 aromatic rings. The predicted octanol–water partition coefficient (Wildman–Crippen LogP) is 4.57. The summed E-state index contributed by atoms with van der Waals surface area (Å²) in [5, 5.41) is 16.7. The molecule has 0 unspecified atom stereocenters. The number of nitro benzene ring substituents is 1. The Morgan fingerprint density at radius 3 is 2.72 bits per heavy atom. The van der Waals surface area contributed by atoms with Gasteiger partial charge in [-0.05, 0) is 30.7 Å². The Balaban J connectivity index is 2.27. The molecule has 0 aliphatic carbocycles. The van der Waals surface area contributed by atoms with Crippen LogP contribution in [0.15, 0.2) is 36.4 Å². The number of hydrogen-bond donors (Lipinski definition) is 2. The van der Waals surface area contributed by atoms with Crippen molar-refractivity contribution < 1.29 is 18.8 Å². The summed E-state index contributed by atoms with van der Waals surface area (Å²) >= 11 is 5.89. The summed E-state index contributed by atoms with van der Waals surface area (Å²) < 4.78 is 18.7. The van der Waals surface area contributed by atoms with Crippen molar-refractivity contribution in [2.45, 2.75) is 13.5 Å². The third kappa shape index (κ3) is 5.05. The van der Waals surface area contributed by atoms with E-state index in [9.17, 15) is 19.3 Å². The molecule has 0 heterocycles. The monoisotopic (exact) mass is 367 g/mol. The quantitative estimate of drug-likeness (QED) is 0.576. The lowest BCUT2D eigenvalue weighted by Gasteiger charge is -2.11. The van der Waals surface area contributed by atoms with Gasteiger partial charge < -0.3 is 10.1 Å². The molecule has 0 bridgehead atoms. The lowest BCUT2D eigenvalue weighted by atomic mass is 10.2. The Kier molecular flexibility index (Phi) is 6.13. The van der Waals surface area contributed by atoms with Gasteiger partial charge in [0, 0.05) is 11.6 Å². The Morgan fingerprint density at radius 1 is 1.32 bits per heavy atom. The second-order valence-electron chi connectivity index (χ2n) is 4.94. The zero-order chi connectivity index (χ0) is 18.4. The number of anilines is 2. The Morgan fingerprint density at radius 2 is 2.08 bits per heavy atom. The summed E-state index contributed by atoms with van der Waals surface area (Å²) in [6.45, 7) is 1.94. The topological polar surface area (TPSA) is 93.5 Å². The standard InChI is InChI=1S/C16H15ClFN3O4/c1-2-25-16(22)20-13-8-14(15(21(23)24)7-12(13)18)19-9-10-4-3-5-11(17)6-10/h3-8,19H,2,9H2,1H3,(H,20,22). The summed E-state index contributed by atoms with van der Waals surface area (Å²) in [6.07, 6.45) is -0.851. The van der Waals surface area contributed by atoms with Crippen molar-refractivity contribution >= 4 is 34.8 Å². The SMILES string of the molecule is CCOC(=O)Nc1cc(NCc2cccc(Cl)c2)c([N+](=O)[O-])cc1F. The fourth-order valence-electron chi connectivity index (χ4n) is 2.07. The first-order valence-corrected chi connectivity index (χ1v) is 7.68. The number of amides is 1. The van der Waals surface area contributed by atoms with Gasteiger partial charge in [0.05, 0.1) is 23.3 Å². The highest BCUT2D eigenvalue weighted by molar-refractivity contribution is 6.30. The molecule has 9 heteroatoms. The number of hydrogen-bond acceptors (Lipinski definition) is 5. The van der Waals surface area contributed by atoms with Gasteiger partial charge in [0.1, 0.15) is 5.69 Å². The lowest BCUT2D eigenvalue weighted by molar-refractivity contribution is -0.384. The Bertz CT molecular complexity index is 801. The van der Waals surface area contributed by atoms with Crippen LogP contribution >= 0.6 is 11.6 Å². The number of rotatable bonds is 6. The highest BCUT2D eigenvalue weighted by Crippen LogP contribution is 2.31. The smallest absolute Gasteiger partial charge is 0.411 e. The molecule has 1 amide bonds. The van der Waals surface area contributed by atoms with E-state index in [-0.39, 0.29) is 24.5 Å². The van der Waals surface area contributed by atoms with Crippen LogP contribution < -0.4 is 10.6 Å². The van der Waals surface area contributed by atoms with Crippen molar-refractivity contribution in [3.05, 3.63) is 62.9 Å². The maximum Gasteiger partial charge on any atom is 0.411 e. The number of carbonyl (C=O) groups excluding carboxylic acids is 1. The molecular formula is C16H15ClFN3O4. The van der Waals surface area contributed by atoms with E-state index in [1.54, 1.807) is 31.2 Å². The van der Waals surface area contributed by atoms with Crippen LogP contribution in [0.1, 0.15) is 12.5 Å². The van der Waals surface area contributed by atoms with Crippen LogP contribution in [-0.4, -0.2) is 17.6 Å². The summed E-state index contributed by atoms with van der Waals surface area (Å²) in [7, 11) is 0. The largest absolute Gasteiger partial charge is 0.450 e. The maximum absolute atomic E-state index is 14.0. The molecule has 0 fully saturated rings. The third-order valence-corrected chi connectivity index (χ3v) is 3.40. The molecule has 0 spiro atoms.